The average molecular weight is 326 g/mol. The Labute approximate surface area is 140 Å². The lowest BCUT2D eigenvalue weighted by molar-refractivity contribution is 0.0913. The van der Waals surface area contributed by atoms with Crippen LogP contribution in [0.25, 0.3) is 0 Å². The van der Waals surface area contributed by atoms with E-state index in [1.54, 1.807) is 29.2 Å². The minimum Gasteiger partial charge on any atom is -0.496 e. The van der Waals surface area contributed by atoms with Gasteiger partial charge in [-0.3, -0.25) is 9.69 Å². The van der Waals surface area contributed by atoms with Crippen molar-refractivity contribution in [2.24, 2.45) is 0 Å². The minimum absolute atomic E-state index is 0.242. The molecular formula is C18H18N2O4. The van der Waals surface area contributed by atoms with Crippen molar-refractivity contribution in [1.29, 1.82) is 0 Å². The van der Waals surface area contributed by atoms with E-state index < -0.39 is 12.2 Å². The monoisotopic (exact) mass is 326 g/mol. The molecule has 0 aromatic heterocycles. The molecule has 1 aliphatic heterocycles. The van der Waals surface area contributed by atoms with Crippen molar-refractivity contribution < 1.29 is 19.1 Å². The molecule has 3 rings (SSSR count). The Morgan fingerprint density at radius 3 is 2.67 bits per heavy atom. The van der Waals surface area contributed by atoms with Crippen LogP contribution in [0.4, 0.5) is 10.5 Å². The van der Waals surface area contributed by atoms with Gasteiger partial charge >= 0.3 is 6.09 Å². The third kappa shape index (κ3) is 3.32. The minimum atomic E-state index is -0.405. The molecule has 1 atom stereocenters. The van der Waals surface area contributed by atoms with Crippen molar-refractivity contribution in [1.82, 2.24) is 5.32 Å². The van der Waals surface area contributed by atoms with Gasteiger partial charge in [0.25, 0.3) is 5.91 Å². The molecule has 24 heavy (non-hydrogen) atoms. The Morgan fingerprint density at radius 2 is 1.92 bits per heavy atom. The predicted octanol–water partition coefficient (Wildman–Crippen LogP) is 2.45. The topological polar surface area (TPSA) is 67.9 Å². The zero-order chi connectivity index (χ0) is 16.9. The lowest BCUT2D eigenvalue weighted by Crippen LogP contribution is -2.34. The molecule has 0 radical (unpaired) electrons. The maximum absolute atomic E-state index is 12.3. The fraction of sp³-hybridized carbons (Fsp3) is 0.222. The summed E-state index contributed by atoms with van der Waals surface area (Å²) in [5.41, 5.74) is 1.23. The van der Waals surface area contributed by atoms with Crippen LogP contribution >= 0.6 is 0 Å². The molecule has 1 fully saturated rings. The third-order valence-electron chi connectivity index (χ3n) is 3.78. The van der Waals surface area contributed by atoms with E-state index in [4.69, 9.17) is 9.47 Å². The van der Waals surface area contributed by atoms with Crippen molar-refractivity contribution in [3.8, 4) is 5.75 Å². The van der Waals surface area contributed by atoms with Crippen LogP contribution in [-0.4, -0.2) is 38.3 Å². The van der Waals surface area contributed by atoms with E-state index in [9.17, 15) is 9.59 Å². The normalized spacial score (nSPS) is 16.6. The van der Waals surface area contributed by atoms with E-state index in [0.717, 1.165) is 5.69 Å². The van der Waals surface area contributed by atoms with Gasteiger partial charge in [0.1, 0.15) is 11.9 Å². The first-order valence-electron chi connectivity index (χ1n) is 7.63. The number of ether oxygens (including phenoxy) is 2. The molecule has 1 aliphatic rings. The van der Waals surface area contributed by atoms with Crippen molar-refractivity contribution in [3.05, 3.63) is 60.2 Å². The molecule has 0 aliphatic carbocycles. The van der Waals surface area contributed by atoms with Gasteiger partial charge in [-0.2, -0.15) is 0 Å². The highest BCUT2D eigenvalue weighted by Crippen LogP contribution is 2.21. The molecule has 2 aromatic rings. The lowest BCUT2D eigenvalue weighted by atomic mass is 10.2. The number of carbonyl (C=O) groups is 2. The number of para-hydroxylation sites is 2. The summed E-state index contributed by atoms with van der Waals surface area (Å²) in [6, 6.07) is 16.3. The fourth-order valence-electron chi connectivity index (χ4n) is 2.58. The number of hydrogen-bond donors (Lipinski definition) is 1. The van der Waals surface area contributed by atoms with Gasteiger partial charge in [0.05, 0.1) is 25.8 Å². The molecule has 6 nitrogen and oxygen atoms in total. The van der Waals surface area contributed by atoms with Gasteiger partial charge in [-0.15, -0.1) is 0 Å². The number of hydrogen-bond acceptors (Lipinski definition) is 4. The zero-order valence-corrected chi connectivity index (χ0v) is 13.3. The maximum Gasteiger partial charge on any atom is 0.414 e. The van der Waals surface area contributed by atoms with Gasteiger partial charge in [0, 0.05) is 5.69 Å². The standard InChI is InChI=1S/C18H18N2O4/c1-23-16-10-6-5-9-15(16)17(21)19-11-14-12-20(18(22)24-14)13-7-3-2-4-8-13/h2-10,14H,11-12H2,1H3,(H,19,21). The number of nitrogens with zero attached hydrogens (tertiary/aromatic N) is 1. The van der Waals surface area contributed by atoms with Crippen molar-refractivity contribution >= 4 is 17.7 Å². The summed E-state index contributed by atoms with van der Waals surface area (Å²) in [7, 11) is 1.52. The summed E-state index contributed by atoms with van der Waals surface area (Å²) in [6.45, 7) is 0.640. The summed E-state index contributed by atoms with van der Waals surface area (Å²) in [5, 5.41) is 2.79. The summed E-state index contributed by atoms with van der Waals surface area (Å²) in [4.78, 5) is 25.8. The largest absolute Gasteiger partial charge is 0.496 e. The molecule has 0 saturated carbocycles. The lowest BCUT2D eigenvalue weighted by Gasteiger charge is -2.13. The summed E-state index contributed by atoms with van der Waals surface area (Å²) in [5.74, 6) is 0.242. The number of rotatable bonds is 5. The van der Waals surface area contributed by atoms with Crippen LogP contribution in [0.5, 0.6) is 5.75 Å². The van der Waals surface area contributed by atoms with E-state index >= 15 is 0 Å². The van der Waals surface area contributed by atoms with Crippen molar-refractivity contribution in [2.75, 3.05) is 25.1 Å². The summed E-state index contributed by atoms with van der Waals surface area (Å²) < 4.78 is 10.5. The Kier molecular flexibility index (Phi) is 4.65. The molecule has 1 saturated heterocycles. The van der Waals surface area contributed by atoms with Crippen LogP contribution in [-0.2, 0) is 4.74 Å². The number of carbonyl (C=O) groups excluding carboxylic acids is 2. The first kappa shape index (κ1) is 15.9. The highest BCUT2D eigenvalue weighted by molar-refractivity contribution is 5.97. The second-order valence-corrected chi connectivity index (χ2v) is 5.36. The van der Waals surface area contributed by atoms with E-state index in [-0.39, 0.29) is 12.5 Å². The second kappa shape index (κ2) is 7.04. The molecule has 1 N–H and O–H groups in total. The molecule has 1 heterocycles. The SMILES string of the molecule is COc1ccccc1C(=O)NCC1CN(c2ccccc2)C(=O)O1. The van der Waals surface area contributed by atoms with Gasteiger partial charge in [0.15, 0.2) is 0 Å². The molecular weight excluding hydrogens is 308 g/mol. The molecule has 1 unspecified atom stereocenters. The van der Waals surface area contributed by atoms with Crippen LogP contribution in [0.1, 0.15) is 10.4 Å². The number of anilines is 1. The fourth-order valence-corrected chi connectivity index (χ4v) is 2.58. The summed E-state index contributed by atoms with van der Waals surface area (Å²) >= 11 is 0. The van der Waals surface area contributed by atoms with Gasteiger partial charge in [-0.25, -0.2) is 4.79 Å². The number of cyclic esters (lactones) is 1. The van der Waals surface area contributed by atoms with Crippen LogP contribution in [0, 0.1) is 0 Å². The quantitative estimate of drug-likeness (QED) is 0.916. The molecule has 0 bridgehead atoms. The van der Waals surface area contributed by atoms with E-state index in [2.05, 4.69) is 5.32 Å². The Morgan fingerprint density at radius 1 is 1.21 bits per heavy atom. The van der Waals surface area contributed by atoms with Crippen molar-refractivity contribution in [2.45, 2.75) is 6.10 Å². The Balaban J connectivity index is 1.60. The van der Waals surface area contributed by atoms with Crippen LogP contribution in [0.3, 0.4) is 0 Å². The van der Waals surface area contributed by atoms with E-state index in [1.807, 2.05) is 30.3 Å². The Bertz CT molecular complexity index is 733. The van der Waals surface area contributed by atoms with Crippen LogP contribution in [0.2, 0.25) is 0 Å². The highest BCUT2D eigenvalue weighted by atomic mass is 16.6. The number of amides is 2. The number of nitrogens with one attached hydrogen (secondary N) is 1. The molecule has 6 heteroatoms. The third-order valence-corrected chi connectivity index (χ3v) is 3.78. The zero-order valence-electron chi connectivity index (χ0n) is 13.3. The first-order chi connectivity index (χ1) is 11.7. The predicted molar refractivity (Wildman–Crippen MR) is 89.4 cm³/mol. The van der Waals surface area contributed by atoms with Crippen molar-refractivity contribution in [3.63, 3.8) is 0 Å². The number of benzene rings is 2. The maximum atomic E-state index is 12.3. The second-order valence-electron chi connectivity index (χ2n) is 5.36. The summed E-state index contributed by atoms with van der Waals surface area (Å²) in [6.07, 6.45) is -0.797. The van der Waals surface area contributed by atoms with E-state index in [0.29, 0.717) is 17.9 Å². The van der Waals surface area contributed by atoms with Gasteiger partial charge in [-0.05, 0) is 24.3 Å². The van der Waals surface area contributed by atoms with Crippen LogP contribution < -0.4 is 15.0 Å². The average Bonchev–Trinajstić information content (AvgIpc) is 3.01. The Hall–Kier alpha value is -3.02. The highest BCUT2D eigenvalue weighted by Gasteiger charge is 2.32. The smallest absolute Gasteiger partial charge is 0.414 e. The molecule has 0 spiro atoms. The van der Waals surface area contributed by atoms with E-state index in [1.165, 1.54) is 7.11 Å². The first-order valence-corrected chi connectivity index (χ1v) is 7.63. The van der Waals surface area contributed by atoms with Gasteiger partial charge in [-0.1, -0.05) is 30.3 Å². The van der Waals surface area contributed by atoms with Gasteiger partial charge in [0.2, 0.25) is 0 Å². The number of methoxy groups -OCH3 is 1. The molecule has 124 valence electrons. The molecule has 2 amide bonds. The van der Waals surface area contributed by atoms with Crippen LogP contribution in [0.15, 0.2) is 54.6 Å². The molecule has 2 aromatic carbocycles. The van der Waals surface area contributed by atoms with Gasteiger partial charge < -0.3 is 14.8 Å².